The number of aromatic nitrogens is 2. The van der Waals surface area contributed by atoms with Crippen molar-refractivity contribution in [1.29, 1.82) is 0 Å². The summed E-state index contributed by atoms with van der Waals surface area (Å²) in [5.74, 6) is 1.38. The highest BCUT2D eigenvalue weighted by Gasteiger charge is 2.01. The minimum atomic E-state index is 0.452. The fourth-order valence-electron chi connectivity index (χ4n) is 1.48. The minimum absolute atomic E-state index is 0.452. The maximum absolute atomic E-state index is 5.33. The lowest BCUT2D eigenvalue weighted by Gasteiger charge is -2.05. The topological polar surface area (TPSA) is 47.0 Å². The molecule has 1 heterocycles. The van der Waals surface area contributed by atoms with Crippen molar-refractivity contribution in [3.8, 4) is 17.1 Å². The Kier molecular flexibility index (Phi) is 3.67. The highest BCUT2D eigenvalue weighted by atomic mass is 16.5. The van der Waals surface area contributed by atoms with E-state index in [1.165, 1.54) is 5.56 Å². The van der Waals surface area contributed by atoms with Crippen LogP contribution in [0.5, 0.6) is 5.75 Å². The Bertz CT molecular complexity index is 482. The zero-order valence-corrected chi connectivity index (χ0v) is 9.97. The van der Waals surface area contributed by atoms with E-state index in [1.54, 1.807) is 12.4 Å². The molecular formula is C13H15N3O. The van der Waals surface area contributed by atoms with Crippen LogP contribution in [-0.2, 0) is 0 Å². The molecule has 0 saturated carbocycles. The minimum Gasteiger partial charge on any atom is -0.475 e. The molecule has 0 atom stereocenters. The van der Waals surface area contributed by atoms with Crippen molar-refractivity contribution in [2.24, 2.45) is 0 Å². The van der Waals surface area contributed by atoms with Gasteiger partial charge in [0.1, 0.15) is 6.73 Å². The Labute approximate surface area is 101 Å². The predicted octanol–water partition coefficient (Wildman–Crippen LogP) is 2.01. The molecule has 0 radical (unpaired) electrons. The summed E-state index contributed by atoms with van der Waals surface area (Å²) in [5, 5.41) is 2.89. The van der Waals surface area contributed by atoms with Gasteiger partial charge in [-0.1, -0.05) is 23.8 Å². The van der Waals surface area contributed by atoms with Gasteiger partial charge in [0.2, 0.25) is 0 Å². The van der Waals surface area contributed by atoms with E-state index in [-0.39, 0.29) is 0 Å². The van der Waals surface area contributed by atoms with Gasteiger partial charge in [0, 0.05) is 5.56 Å². The number of hydrogen-bond acceptors (Lipinski definition) is 4. The summed E-state index contributed by atoms with van der Waals surface area (Å²) in [4.78, 5) is 8.56. The van der Waals surface area contributed by atoms with Gasteiger partial charge in [-0.3, -0.25) is 5.32 Å². The molecule has 0 spiro atoms. The van der Waals surface area contributed by atoms with Crippen LogP contribution in [0.3, 0.4) is 0 Å². The Balaban J connectivity index is 2.17. The molecule has 0 amide bonds. The van der Waals surface area contributed by atoms with E-state index >= 15 is 0 Å². The first-order valence-corrected chi connectivity index (χ1v) is 5.46. The summed E-state index contributed by atoms with van der Waals surface area (Å²) in [6.45, 7) is 2.50. The van der Waals surface area contributed by atoms with Gasteiger partial charge in [0.05, 0.1) is 12.4 Å². The maximum Gasteiger partial charge on any atom is 0.159 e. The Morgan fingerprint density at radius 1 is 1.24 bits per heavy atom. The first-order chi connectivity index (χ1) is 8.29. The first kappa shape index (κ1) is 11.5. The smallest absolute Gasteiger partial charge is 0.159 e. The van der Waals surface area contributed by atoms with Crippen molar-refractivity contribution in [2.45, 2.75) is 6.92 Å². The SMILES string of the molecule is CNCOc1cnc(-c2cccc(C)c2)nc1. The van der Waals surface area contributed by atoms with Gasteiger partial charge < -0.3 is 4.74 Å². The molecule has 0 aliphatic heterocycles. The molecule has 0 fully saturated rings. The molecule has 1 N–H and O–H groups in total. The molecule has 0 unspecified atom stereocenters. The number of rotatable bonds is 4. The van der Waals surface area contributed by atoms with Crippen molar-refractivity contribution in [2.75, 3.05) is 13.8 Å². The van der Waals surface area contributed by atoms with Crippen LogP contribution in [0.1, 0.15) is 5.56 Å². The summed E-state index contributed by atoms with van der Waals surface area (Å²) in [7, 11) is 1.82. The molecule has 1 aromatic carbocycles. The van der Waals surface area contributed by atoms with Gasteiger partial charge in [-0.05, 0) is 20.0 Å². The summed E-state index contributed by atoms with van der Waals surface area (Å²) in [6, 6.07) is 8.10. The number of benzene rings is 1. The molecule has 88 valence electrons. The van der Waals surface area contributed by atoms with Crippen molar-refractivity contribution in [3.05, 3.63) is 42.2 Å². The lowest BCUT2D eigenvalue weighted by molar-refractivity contribution is 0.294. The second-order valence-corrected chi connectivity index (χ2v) is 3.75. The van der Waals surface area contributed by atoms with Gasteiger partial charge in [-0.25, -0.2) is 9.97 Å². The van der Waals surface area contributed by atoms with Crippen molar-refractivity contribution in [1.82, 2.24) is 15.3 Å². The summed E-state index contributed by atoms with van der Waals surface area (Å²) >= 11 is 0. The molecule has 1 aromatic heterocycles. The zero-order chi connectivity index (χ0) is 12.1. The average Bonchev–Trinajstić information content (AvgIpc) is 2.37. The summed E-state index contributed by atoms with van der Waals surface area (Å²) < 4.78 is 5.33. The third-order valence-corrected chi connectivity index (χ3v) is 2.29. The fraction of sp³-hybridized carbons (Fsp3) is 0.231. The van der Waals surface area contributed by atoms with Gasteiger partial charge in [0.25, 0.3) is 0 Å². The van der Waals surface area contributed by atoms with Crippen molar-refractivity contribution < 1.29 is 4.74 Å². The number of nitrogens with one attached hydrogen (secondary N) is 1. The predicted molar refractivity (Wildman–Crippen MR) is 66.8 cm³/mol. The van der Waals surface area contributed by atoms with Crippen LogP contribution >= 0.6 is 0 Å². The van der Waals surface area contributed by atoms with Crippen LogP contribution in [0, 0.1) is 6.92 Å². The third kappa shape index (κ3) is 3.01. The monoisotopic (exact) mass is 229 g/mol. The molecule has 4 nitrogen and oxygen atoms in total. The quantitative estimate of drug-likeness (QED) is 0.815. The Morgan fingerprint density at radius 2 is 2.00 bits per heavy atom. The molecule has 2 rings (SSSR count). The van der Waals surface area contributed by atoms with E-state index in [2.05, 4.69) is 21.4 Å². The number of ether oxygens (including phenoxy) is 1. The first-order valence-electron chi connectivity index (χ1n) is 5.46. The third-order valence-electron chi connectivity index (χ3n) is 2.29. The van der Waals surface area contributed by atoms with E-state index in [1.807, 2.05) is 32.2 Å². The summed E-state index contributed by atoms with van der Waals surface area (Å²) in [5.41, 5.74) is 2.21. The van der Waals surface area contributed by atoms with Crippen LogP contribution < -0.4 is 10.1 Å². The van der Waals surface area contributed by atoms with Gasteiger partial charge in [0.15, 0.2) is 11.6 Å². The molecule has 0 bridgehead atoms. The lowest BCUT2D eigenvalue weighted by atomic mass is 10.1. The van der Waals surface area contributed by atoms with E-state index in [0.717, 1.165) is 5.56 Å². The van der Waals surface area contributed by atoms with Gasteiger partial charge in [-0.15, -0.1) is 0 Å². The lowest BCUT2D eigenvalue weighted by Crippen LogP contribution is -2.14. The van der Waals surface area contributed by atoms with Gasteiger partial charge in [-0.2, -0.15) is 0 Å². The molecule has 17 heavy (non-hydrogen) atoms. The fourth-order valence-corrected chi connectivity index (χ4v) is 1.48. The molecule has 0 aliphatic carbocycles. The standard InChI is InChI=1S/C13H15N3O/c1-10-4-3-5-11(6-10)13-15-7-12(8-16-13)17-9-14-2/h3-8,14H,9H2,1-2H3. The molecule has 0 saturated heterocycles. The van der Waals surface area contributed by atoms with Crippen LogP contribution in [0.25, 0.3) is 11.4 Å². The Hall–Kier alpha value is -1.94. The molecule has 4 heteroatoms. The normalized spacial score (nSPS) is 10.2. The molecule has 0 aliphatic rings. The zero-order valence-electron chi connectivity index (χ0n) is 9.97. The van der Waals surface area contributed by atoms with Crippen LogP contribution in [0.15, 0.2) is 36.7 Å². The second kappa shape index (κ2) is 5.41. The summed E-state index contributed by atoms with van der Waals surface area (Å²) in [6.07, 6.45) is 3.37. The van der Waals surface area contributed by atoms with E-state index in [0.29, 0.717) is 18.3 Å². The van der Waals surface area contributed by atoms with Crippen LogP contribution in [0.4, 0.5) is 0 Å². The van der Waals surface area contributed by atoms with Crippen LogP contribution in [-0.4, -0.2) is 23.7 Å². The van der Waals surface area contributed by atoms with E-state index < -0.39 is 0 Å². The van der Waals surface area contributed by atoms with Crippen molar-refractivity contribution >= 4 is 0 Å². The number of nitrogens with zero attached hydrogens (tertiary/aromatic N) is 2. The second-order valence-electron chi connectivity index (χ2n) is 3.75. The Morgan fingerprint density at radius 3 is 2.65 bits per heavy atom. The number of hydrogen-bond donors (Lipinski definition) is 1. The maximum atomic E-state index is 5.33. The number of aryl methyl sites for hydroxylation is 1. The van der Waals surface area contributed by atoms with Gasteiger partial charge >= 0.3 is 0 Å². The van der Waals surface area contributed by atoms with E-state index in [4.69, 9.17) is 4.74 Å². The van der Waals surface area contributed by atoms with E-state index in [9.17, 15) is 0 Å². The molecule has 2 aromatic rings. The molecular weight excluding hydrogens is 214 g/mol. The van der Waals surface area contributed by atoms with Crippen LogP contribution in [0.2, 0.25) is 0 Å². The highest BCUT2D eigenvalue weighted by molar-refractivity contribution is 5.55. The van der Waals surface area contributed by atoms with Crippen molar-refractivity contribution in [3.63, 3.8) is 0 Å². The highest BCUT2D eigenvalue weighted by Crippen LogP contribution is 2.17. The average molecular weight is 229 g/mol. The largest absolute Gasteiger partial charge is 0.475 e.